The van der Waals surface area contributed by atoms with Crippen molar-refractivity contribution in [1.82, 2.24) is 0 Å². The molecular weight excluding hydrogens is 214 g/mol. The quantitative estimate of drug-likeness (QED) is 0.626. The summed E-state index contributed by atoms with van der Waals surface area (Å²) < 4.78 is 0. The molecule has 1 heterocycles. The maximum atomic E-state index is 10.4. The second-order valence-corrected chi connectivity index (χ2v) is 3.88. The number of nitro groups is 1. The predicted octanol–water partition coefficient (Wildman–Crippen LogP) is 3.03. The Morgan fingerprint density at radius 3 is 2.40 bits per heavy atom. The molecule has 0 fully saturated rings. The van der Waals surface area contributed by atoms with E-state index in [1.807, 2.05) is 0 Å². The van der Waals surface area contributed by atoms with Crippen molar-refractivity contribution in [3.8, 4) is 16.2 Å². The summed E-state index contributed by atoms with van der Waals surface area (Å²) in [5, 5.41) is 21.2. The van der Waals surface area contributed by atoms with E-state index in [0.29, 0.717) is 0 Å². The molecule has 5 heteroatoms. The number of hydrogen-bond donors (Lipinski definition) is 1. The van der Waals surface area contributed by atoms with Gasteiger partial charge in [0, 0.05) is 22.4 Å². The van der Waals surface area contributed by atoms with Crippen LogP contribution >= 0.6 is 11.3 Å². The van der Waals surface area contributed by atoms with Crippen molar-refractivity contribution in [3.05, 3.63) is 45.8 Å². The van der Waals surface area contributed by atoms with Crippen LogP contribution in [0.25, 0.3) is 10.4 Å². The summed E-state index contributed by atoms with van der Waals surface area (Å²) >= 11 is 1.40. The van der Waals surface area contributed by atoms with Crippen LogP contribution in [-0.2, 0) is 0 Å². The lowest BCUT2D eigenvalue weighted by atomic mass is 10.2. The number of aromatic hydroxyl groups is 1. The topological polar surface area (TPSA) is 63.4 Å². The Labute approximate surface area is 89.6 Å². The summed E-state index contributed by atoms with van der Waals surface area (Å²) in [7, 11) is 0. The van der Waals surface area contributed by atoms with Crippen LogP contribution < -0.4 is 0 Å². The highest BCUT2D eigenvalue weighted by molar-refractivity contribution is 7.13. The highest BCUT2D eigenvalue weighted by Gasteiger charge is 2.06. The first-order valence-corrected chi connectivity index (χ1v) is 5.07. The summed E-state index contributed by atoms with van der Waals surface area (Å²) in [5.74, 6) is 0.216. The number of benzene rings is 1. The van der Waals surface area contributed by atoms with E-state index in [-0.39, 0.29) is 11.4 Å². The maximum absolute atomic E-state index is 10.4. The van der Waals surface area contributed by atoms with Crippen LogP contribution in [0.2, 0.25) is 0 Å². The number of non-ortho nitro benzene ring substituents is 1. The fraction of sp³-hybridized carbons (Fsp3) is 0. The highest BCUT2D eigenvalue weighted by atomic mass is 32.1. The Bertz CT molecular complexity index is 490. The third-order valence-electron chi connectivity index (χ3n) is 1.95. The Kier molecular flexibility index (Phi) is 2.39. The zero-order valence-electron chi connectivity index (χ0n) is 7.58. The summed E-state index contributed by atoms with van der Waals surface area (Å²) in [5.41, 5.74) is 0.936. The average Bonchev–Trinajstić information content (AvgIpc) is 2.65. The first-order chi connectivity index (χ1) is 7.16. The molecule has 0 aliphatic rings. The fourth-order valence-corrected chi connectivity index (χ4v) is 2.00. The molecule has 0 unspecified atom stereocenters. The molecule has 0 bridgehead atoms. The predicted molar refractivity (Wildman–Crippen MR) is 58.1 cm³/mol. The molecule has 0 radical (unpaired) electrons. The van der Waals surface area contributed by atoms with Gasteiger partial charge in [0.15, 0.2) is 0 Å². The molecule has 0 aliphatic carbocycles. The lowest BCUT2D eigenvalue weighted by Crippen LogP contribution is -1.86. The van der Waals surface area contributed by atoms with Crippen molar-refractivity contribution in [2.45, 2.75) is 0 Å². The average molecular weight is 221 g/mol. The first kappa shape index (κ1) is 9.67. The van der Waals surface area contributed by atoms with Gasteiger partial charge in [-0.05, 0) is 23.8 Å². The van der Waals surface area contributed by atoms with E-state index in [4.69, 9.17) is 5.11 Å². The molecule has 1 aromatic heterocycles. The van der Waals surface area contributed by atoms with Crippen molar-refractivity contribution in [2.24, 2.45) is 0 Å². The van der Waals surface area contributed by atoms with Gasteiger partial charge in [-0.1, -0.05) is 0 Å². The standard InChI is InChI=1S/C10H7NO3S/c12-9-5-10(15-6-9)7-1-3-8(4-2-7)11(13)14/h1-6,12H. The summed E-state index contributed by atoms with van der Waals surface area (Å²) in [6.45, 7) is 0. The Morgan fingerprint density at radius 1 is 1.27 bits per heavy atom. The van der Waals surface area contributed by atoms with Gasteiger partial charge in [-0.3, -0.25) is 10.1 Å². The van der Waals surface area contributed by atoms with E-state index < -0.39 is 4.92 Å². The minimum atomic E-state index is -0.435. The van der Waals surface area contributed by atoms with Crippen LogP contribution in [0.1, 0.15) is 0 Å². The number of rotatable bonds is 2. The SMILES string of the molecule is O=[N+]([O-])c1ccc(-c2cc(O)cs2)cc1. The van der Waals surface area contributed by atoms with Gasteiger partial charge >= 0.3 is 0 Å². The third kappa shape index (κ3) is 1.97. The van der Waals surface area contributed by atoms with Gasteiger partial charge in [0.05, 0.1) is 4.92 Å². The minimum Gasteiger partial charge on any atom is -0.507 e. The van der Waals surface area contributed by atoms with E-state index in [0.717, 1.165) is 10.4 Å². The van der Waals surface area contributed by atoms with Crippen molar-refractivity contribution in [2.75, 3.05) is 0 Å². The fourth-order valence-electron chi connectivity index (χ4n) is 1.22. The van der Waals surface area contributed by atoms with Gasteiger partial charge in [0.2, 0.25) is 0 Å². The van der Waals surface area contributed by atoms with E-state index in [2.05, 4.69) is 0 Å². The van der Waals surface area contributed by atoms with Gasteiger partial charge < -0.3 is 5.11 Å². The van der Waals surface area contributed by atoms with Crippen molar-refractivity contribution < 1.29 is 10.0 Å². The van der Waals surface area contributed by atoms with E-state index in [9.17, 15) is 10.1 Å². The molecule has 15 heavy (non-hydrogen) atoms. The second-order valence-electron chi connectivity index (χ2n) is 2.97. The number of nitro benzene ring substituents is 1. The molecule has 2 aromatic rings. The van der Waals surface area contributed by atoms with Crippen LogP contribution in [0.15, 0.2) is 35.7 Å². The van der Waals surface area contributed by atoms with Crippen LogP contribution in [0.3, 0.4) is 0 Å². The van der Waals surface area contributed by atoms with Crippen LogP contribution in [0, 0.1) is 10.1 Å². The number of thiophene rings is 1. The molecular formula is C10H7NO3S. The molecule has 76 valence electrons. The maximum Gasteiger partial charge on any atom is 0.269 e. The molecule has 0 saturated heterocycles. The van der Waals surface area contributed by atoms with Gasteiger partial charge in [0.25, 0.3) is 5.69 Å². The van der Waals surface area contributed by atoms with Crippen LogP contribution in [0.5, 0.6) is 5.75 Å². The number of nitrogens with zero attached hydrogens (tertiary/aromatic N) is 1. The monoisotopic (exact) mass is 221 g/mol. The third-order valence-corrected chi connectivity index (χ3v) is 2.92. The molecule has 0 amide bonds. The lowest BCUT2D eigenvalue weighted by molar-refractivity contribution is -0.384. The molecule has 4 nitrogen and oxygen atoms in total. The normalized spacial score (nSPS) is 10.1. The van der Waals surface area contributed by atoms with Crippen LogP contribution in [-0.4, -0.2) is 10.0 Å². The molecule has 1 N–H and O–H groups in total. The highest BCUT2D eigenvalue weighted by Crippen LogP contribution is 2.31. The second kappa shape index (κ2) is 3.70. The smallest absolute Gasteiger partial charge is 0.269 e. The van der Waals surface area contributed by atoms with E-state index in [1.165, 1.54) is 23.5 Å². The van der Waals surface area contributed by atoms with Crippen LogP contribution in [0.4, 0.5) is 5.69 Å². The molecule has 0 atom stereocenters. The zero-order valence-corrected chi connectivity index (χ0v) is 8.40. The Balaban J connectivity index is 2.35. The summed E-state index contributed by atoms with van der Waals surface area (Å²) in [6, 6.07) is 7.87. The largest absolute Gasteiger partial charge is 0.507 e. The van der Waals surface area contributed by atoms with Gasteiger partial charge in [-0.25, -0.2) is 0 Å². The summed E-state index contributed by atoms with van der Waals surface area (Å²) in [4.78, 5) is 10.9. The molecule has 0 aliphatic heterocycles. The van der Waals surface area contributed by atoms with E-state index >= 15 is 0 Å². The zero-order chi connectivity index (χ0) is 10.8. The molecule has 0 spiro atoms. The molecule has 1 aromatic carbocycles. The Morgan fingerprint density at radius 2 is 1.93 bits per heavy atom. The van der Waals surface area contributed by atoms with E-state index in [1.54, 1.807) is 23.6 Å². The first-order valence-electron chi connectivity index (χ1n) is 4.19. The summed E-state index contributed by atoms with van der Waals surface area (Å²) in [6.07, 6.45) is 0. The van der Waals surface area contributed by atoms with Gasteiger partial charge in [0.1, 0.15) is 5.75 Å². The van der Waals surface area contributed by atoms with Crippen molar-refractivity contribution in [3.63, 3.8) is 0 Å². The van der Waals surface area contributed by atoms with Gasteiger partial charge in [-0.2, -0.15) is 0 Å². The minimum absolute atomic E-state index is 0.0690. The lowest BCUT2D eigenvalue weighted by Gasteiger charge is -1.95. The van der Waals surface area contributed by atoms with Crippen molar-refractivity contribution >= 4 is 17.0 Å². The number of hydrogen-bond acceptors (Lipinski definition) is 4. The Hall–Kier alpha value is -1.88. The molecule has 2 rings (SSSR count). The van der Waals surface area contributed by atoms with Crippen molar-refractivity contribution in [1.29, 1.82) is 0 Å². The molecule has 0 saturated carbocycles. The van der Waals surface area contributed by atoms with Gasteiger partial charge in [-0.15, -0.1) is 11.3 Å².